The molecule has 1 aromatic carbocycles. The number of esters is 1. The van der Waals surface area contributed by atoms with E-state index in [1.807, 2.05) is 12.3 Å². The number of hydrogen-bond donors (Lipinski definition) is 0. The van der Waals surface area contributed by atoms with E-state index >= 15 is 0 Å². The van der Waals surface area contributed by atoms with Gasteiger partial charge >= 0.3 is 5.97 Å². The maximum atomic E-state index is 13.5. The Balaban J connectivity index is 1.70. The van der Waals surface area contributed by atoms with Crippen molar-refractivity contribution in [3.05, 3.63) is 68.8 Å². The zero-order chi connectivity index (χ0) is 16.4. The first-order valence-corrected chi connectivity index (χ1v) is 7.78. The average Bonchev–Trinajstić information content (AvgIpc) is 2.89. The van der Waals surface area contributed by atoms with Gasteiger partial charge in [-0.15, -0.1) is 11.3 Å². The van der Waals surface area contributed by atoms with Gasteiger partial charge in [0.15, 0.2) is 4.96 Å². The summed E-state index contributed by atoms with van der Waals surface area (Å²) >= 11 is 1.34. The third-order valence-electron chi connectivity index (χ3n) is 3.30. The molecule has 0 unspecified atom stereocenters. The SMILES string of the molecule is Cc1csc2nc(COC(=O)Cc3ccccc3F)cc(=O)n12. The molecule has 0 saturated heterocycles. The van der Waals surface area contributed by atoms with Crippen molar-refractivity contribution in [3.63, 3.8) is 0 Å². The minimum absolute atomic E-state index is 0.115. The quantitative estimate of drug-likeness (QED) is 0.689. The van der Waals surface area contributed by atoms with Crippen LogP contribution in [-0.2, 0) is 22.6 Å². The Bertz CT molecular complexity index is 932. The van der Waals surface area contributed by atoms with Crippen molar-refractivity contribution in [1.29, 1.82) is 0 Å². The molecule has 0 fully saturated rings. The number of halogens is 1. The highest BCUT2D eigenvalue weighted by molar-refractivity contribution is 7.15. The van der Waals surface area contributed by atoms with Crippen molar-refractivity contribution in [2.75, 3.05) is 0 Å². The standard InChI is InChI=1S/C16H13FN2O3S/c1-10-9-23-16-18-12(7-14(20)19(10)16)8-22-15(21)6-11-4-2-3-5-13(11)17/h2-5,7,9H,6,8H2,1H3. The van der Waals surface area contributed by atoms with E-state index in [1.54, 1.807) is 12.1 Å². The molecular formula is C16H13FN2O3S. The summed E-state index contributed by atoms with van der Waals surface area (Å²) in [7, 11) is 0. The van der Waals surface area contributed by atoms with E-state index in [4.69, 9.17) is 4.74 Å². The van der Waals surface area contributed by atoms with Crippen molar-refractivity contribution in [2.45, 2.75) is 20.0 Å². The number of aryl methyl sites for hydroxylation is 1. The van der Waals surface area contributed by atoms with E-state index in [2.05, 4.69) is 4.98 Å². The normalized spacial score (nSPS) is 10.9. The maximum absolute atomic E-state index is 13.5. The highest BCUT2D eigenvalue weighted by Gasteiger charge is 2.11. The second-order valence-corrected chi connectivity index (χ2v) is 5.85. The average molecular weight is 332 g/mol. The molecule has 0 spiro atoms. The lowest BCUT2D eigenvalue weighted by atomic mass is 10.1. The summed E-state index contributed by atoms with van der Waals surface area (Å²) in [6.45, 7) is 1.71. The van der Waals surface area contributed by atoms with Crippen molar-refractivity contribution in [2.24, 2.45) is 0 Å². The number of ether oxygens (including phenoxy) is 1. The molecule has 0 atom stereocenters. The predicted molar refractivity (Wildman–Crippen MR) is 84.0 cm³/mol. The molecule has 2 heterocycles. The third kappa shape index (κ3) is 3.29. The van der Waals surface area contributed by atoms with Crippen molar-refractivity contribution in [3.8, 4) is 0 Å². The molecule has 0 aliphatic carbocycles. The molecule has 0 N–H and O–H groups in total. The molecule has 0 bridgehead atoms. The summed E-state index contributed by atoms with van der Waals surface area (Å²) in [5, 5.41) is 1.83. The van der Waals surface area contributed by atoms with Crippen molar-refractivity contribution < 1.29 is 13.9 Å². The Morgan fingerprint density at radius 2 is 2.17 bits per heavy atom. The van der Waals surface area contributed by atoms with Crippen molar-refractivity contribution >= 4 is 22.3 Å². The lowest BCUT2D eigenvalue weighted by Crippen LogP contribution is -2.16. The highest BCUT2D eigenvalue weighted by atomic mass is 32.1. The first-order valence-electron chi connectivity index (χ1n) is 6.90. The number of carbonyl (C=O) groups excluding carboxylic acids is 1. The van der Waals surface area contributed by atoms with Crippen LogP contribution in [0.5, 0.6) is 0 Å². The first kappa shape index (κ1) is 15.4. The smallest absolute Gasteiger partial charge is 0.310 e. The zero-order valence-corrected chi connectivity index (χ0v) is 13.1. The van der Waals surface area contributed by atoms with Gasteiger partial charge in [0.05, 0.1) is 12.1 Å². The molecule has 0 radical (unpaired) electrons. The number of rotatable bonds is 4. The van der Waals surface area contributed by atoms with Crippen LogP contribution in [0.25, 0.3) is 4.96 Å². The number of thiazole rings is 1. The Morgan fingerprint density at radius 3 is 2.96 bits per heavy atom. The van der Waals surface area contributed by atoms with Gasteiger partial charge in [-0.05, 0) is 18.6 Å². The zero-order valence-electron chi connectivity index (χ0n) is 12.3. The van der Waals surface area contributed by atoms with Crippen molar-refractivity contribution in [1.82, 2.24) is 9.38 Å². The van der Waals surface area contributed by atoms with E-state index in [0.29, 0.717) is 10.7 Å². The Hall–Kier alpha value is -2.54. The predicted octanol–water partition coefficient (Wildman–Crippen LogP) is 2.49. The van der Waals surface area contributed by atoms with Crippen LogP contribution in [-0.4, -0.2) is 15.4 Å². The van der Waals surface area contributed by atoms with E-state index in [9.17, 15) is 14.0 Å². The van der Waals surface area contributed by atoms with E-state index in [1.165, 1.54) is 33.9 Å². The molecule has 5 nitrogen and oxygen atoms in total. The van der Waals surface area contributed by atoms with Crippen LogP contribution in [0.4, 0.5) is 4.39 Å². The topological polar surface area (TPSA) is 60.7 Å². The molecule has 2 aromatic heterocycles. The van der Waals surface area contributed by atoms with Gasteiger partial charge < -0.3 is 4.74 Å². The molecule has 7 heteroatoms. The van der Waals surface area contributed by atoms with Crippen LogP contribution < -0.4 is 5.56 Å². The number of aromatic nitrogens is 2. The lowest BCUT2D eigenvalue weighted by Gasteiger charge is -2.05. The summed E-state index contributed by atoms with van der Waals surface area (Å²) in [4.78, 5) is 28.6. The monoisotopic (exact) mass is 332 g/mol. The highest BCUT2D eigenvalue weighted by Crippen LogP contribution is 2.12. The Morgan fingerprint density at radius 1 is 1.39 bits per heavy atom. The largest absolute Gasteiger partial charge is 0.459 e. The summed E-state index contributed by atoms with van der Waals surface area (Å²) in [6, 6.07) is 7.37. The minimum Gasteiger partial charge on any atom is -0.459 e. The fourth-order valence-electron chi connectivity index (χ4n) is 2.18. The fraction of sp³-hybridized carbons (Fsp3) is 0.188. The van der Waals surface area contributed by atoms with E-state index in [-0.39, 0.29) is 24.2 Å². The fourth-order valence-corrected chi connectivity index (χ4v) is 3.07. The molecule has 0 aliphatic rings. The van der Waals surface area contributed by atoms with Gasteiger partial charge in [-0.2, -0.15) is 0 Å². The molecular weight excluding hydrogens is 319 g/mol. The van der Waals surface area contributed by atoms with Crippen LogP contribution in [0, 0.1) is 12.7 Å². The molecule has 3 aromatic rings. The van der Waals surface area contributed by atoms with Gasteiger partial charge in [0, 0.05) is 17.1 Å². The van der Waals surface area contributed by atoms with Gasteiger partial charge in [-0.1, -0.05) is 18.2 Å². The van der Waals surface area contributed by atoms with Crippen LogP contribution in [0.3, 0.4) is 0 Å². The molecule has 3 rings (SSSR count). The summed E-state index contributed by atoms with van der Waals surface area (Å²) in [6.07, 6.45) is -0.161. The number of hydrogen-bond acceptors (Lipinski definition) is 5. The summed E-state index contributed by atoms with van der Waals surface area (Å²) in [5.74, 6) is -1.02. The van der Waals surface area contributed by atoms with Crippen LogP contribution in [0.2, 0.25) is 0 Å². The van der Waals surface area contributed by atoms with Gasteiger partial charge in [0.1, 0.15) is 12.4 Å². The van der Waals surface area contributed by atoms with E-state index < -0.39 is 11.8 Å². The number of fused-ring (bicyclic) bond motifs is 1. The van der Waals surface area contributed by atoms with Crippen LogP contribution in [0.1, 0.15) is 17.0 Å². The van der Waals surface area contributed by atoms with Crippen LogP contribution in [0.15, 0.2) is 40.5 Å². The third-order valence-corrected chi connectivity index (χ3v) is 4.25. The van der Waals surface area contributed by atoms with Gasteiger partial charge in [0.2, 0.25) is 0 Å². The second kappa shape index (κ2) is 6.29. The molecule has 0 aliphatic heterocycles. The lowest BCUT2D eigenvalue weighted by molar-refractivity contribution is -0.144. The van der Waals surface area contributed by atoms with Crippen LogP contribution >= 0.6 is 11.3 Å². The molecule has 118 valence electrons. The molecule has 0 saturated carbocycles. The van der Waals surface area contributed by atoms with E-state index in [0.717, 1.165) is 5.69 Å². The molecule has 23 heavy (non-hydrogen) atoms. The van der Waals surface area contributed by atoms with Gasteiger partial charge in [-0.3, -0.25) is 14.0 Å². The Labute approximate surface area is 135 Å². The number of benzene rings is 1. The Kier molecular flexibility index (Phi) is 4.20. The first-order chi connectivity index (χ1) is 11.0. The number of nitrogens with zero attached hydrogens (tertiary/aromatic N) is 2. The number of carbonyl (C=O) groups is 1. The maximum Gasteiger partial charge on any atom is 0.310 e. The summed E-state index contributed by atoms with van der Waals surface area (Å²) in [5.41, 5.74) is 1.24. The van der Waals surface area contributed by atoms with Gasteiger partial charge in [-0.25, -0.2) is 9.37 Å². The minimum atomic E-state index is -0.570. The summed E-state index contributed by atoms with van der Waals surface area (Å²) < 4.78 is 20.1. The second-order valence-electron chi connectivity index (χ2n) is 5.01. The van der Waals surface area contributed by atoms with Gasteiger partial charge in [0.25, 0.3) is 5.56 Å². The molecule has 0 amide bonds.